The van der Waals surface area contributed by atoms with Crippen LogP contribution in [0.25, 0.3) is 11.6 Å². The van der Waals surface area contributed by atoms with E-state index in [1.807, 2.05) is 50.2 Å². The second-order valence-electron chi connectivity index (χ2n) is 9.07. The van der Waals surface area contributed by atoms with Crippen molar-refractivity contribution in [2.75, 3.05) is 18.1 Å². The average molecular weight is 512 g/mol. The molecule has 5 rings (SSSR count). The maximum absolute atomic E-state index is 5.68. The van der Waals surface area contributed by atoms with Gasteiger partial charge in [-0.25, -0.2) is 0 Å². The van der Waals surface area contributed by atoms with E-state index in [2.05, 4.69) is 108 Å². The van der Waals surface area contributed by atoms with Crippen LogP contribution in [-0.4, -0.2) is 13.2 Å². The van der Waals surface area contributed by atoms with Gasteiger partial charge in [0.25, 0.3) is 0 Å². The molecule has 0 fully saturated rings. The van der Waals surface area contributed by atoms with Crippen LogP contribution in [0.1, 0.15) is 30.5 Å². The molecule has 3 heteroatoms. The van der Waals surface area contributed by atoms with Gasteiger partial charge in [0, 0.05) is 17.1 Å². The molecule has 0 aliphatic heterocycles. The molecule has 194 valence electrons. The van der Waals surface area contributed by atoms with Gasteiger partial charge in [0.15, 0.2) is 0 Å². The quantitative estimate of drug-likeness (QED) is 0.174. The van der Waals surface area contributed by atoms with Crippen LogP contribution in [0, 0.1) is 0 Å². The predicted molar refractivity (Wildman–Crippen MR) is 163 cm³/mol. The first-order valence-corrected chi connectivity index (χ1v) is 13.4. The fourth-order valence-electron chi connectivity index (χ4n) is 4.62. The number of anilines is 3. The highest BCUT2D eigenvalue weighted by Crippen LogP contribution is 2.35. The maximum atomic E-state index is 5.68. The van der Waals surface area contributed by atoms with Gasteiger partial charge in [-0.1, -0.05) is 72.8 Å². The Balaban J connectivity index is 1.52. The molecule has 5 aromatic rings. The molecule has 3 nitrogen and oxygen atoms in total. The monoisotopic (exact) mass is 511 g/mol. The minimum Gasteiger partial charge on any atom is -0.494 e. The third kappa shape index (κ3) is 6.39. The molecule has 0 saturated carbocycles. The van der Waals surface area contributed by atoms with E-state index in [1.165, 1.54) is 0 Å². The van der Waals surface area contributed by atoms with Gasteiger partial charge in [0.2, 0.25) is 0 Å². The lowest BCUT2D eigenvalue weighted by Gasteiger charge is -2.25. The van der Waals surface area contributed by atoms with E-state index in [4.69, 9.17) is 9.47 Å². The van der Waals surface area contributed by atoms with Crippen molar-refractivity contribution in [1.82, 2.24) is 0 Å². The van der Waals surface area contributed by atoms with Crippen LogP contribution in [-0.2, 0) is 0 Å². The third-order valence-corrected chi connectivity index (χ3v) is 6.44. The molecule has 0 spiro atoms. The van der Waals surface area contributed by atoms with Crippen molar-refractivity contribution >= 4 is 28.7 Å². The van der Waals surface area contributed by atoms with E-state index >= 15 is 0 Å². The molecule has 0 unspecified atom stereocenters. The average Bonchev–Trinajstić information content (AvgIpc) is 2.99. The Morgan fingerprint density at radius 3 is 1.33 bits per heavy atom. The summed E-state index contributed by atoms with van der Waals surface area (Å²) < 4.78 is 11.4. The van der Waals surface area contributed by atoms with Crippen LogP contribution in [0.3, 0.4) is 0 Å². The lowest BCUT2D eigenvalue weighted by atomic mass is 9.95. The Kier molecular flexibility index (Phi) is 8.40. The number of nitrogens with zero attached hydrogens (tertiary/aromatic N) is 1. The Morgan fingerprint density at radius 1 is 0.513 bits per heavy atom. The molecule has 39 heavy (non-hydrogen) atoms. The number of ether oxygens (including phenoxy) is 2. The van der Waals surface area contributed by atoms with E-state index in [0.29, 0.717) is 13.2 Å². The SMILES string of the molecule is CCOc1ccc(C(=Cc2ccc(N(c3ccccc3)c3ccccc3)cc2)c2ccc(OCC)cc2)cc1. The van der Waals surface area contributed by atoms with Crippen molar-refractivity contribution in [3.8, 4) is 11.5 Å². The second-order valence-corrected chi connectivity index (χ2v) is 9.07. The number of rotatable bonds is 10. The molecule has 0 aromatic heterocycles. The van der Waals surface area contributed by atoms with E-state index in [1.54, 1.807) is 0 Å². The van der Waals surface area contributed by atoms with Gasteiger partial charge in [0.05, 0.1) is 13.2 Å². The summed E-state index contributed by atoms with van der Waals surface area (Å²) in [4.78, 5) is 2.27. The standard InChI is InChI=1S/C36H33NO2/c1-3-38-34-23-17-29(18-24-34)36(30-19-25-35(26-20-30)39-4-2)27-28-15-21-33(22-16-28)37(31-11-7-5-8-12-31)32-13-9-6-10-14-32/h5-27H,3-4H2,1-2H3. The summed E-state index contributed by atoms with van der Waals surface area (Å²) >= 11 is 0. The van der Waals surface area contributed by atoms with Crippen LogP contribution < -0.4 is 14.4 Å². The van der Waals surface area contributed by atoms with Crippen LogP contribution in [0.5, 0.6) is 11.5 Å². The number of benzene rings is 5. The van der Waals surface area contributed by atoms with E-state index in [0.717, 1.165) is 50.8 Å². The summed E-state index contributed by atoms with van der Waals surface area (Å²) in [5, 5.41) is 0. The highest BCUT2D eigenvalue weighted by Gasteiger charge is 2.12. The number of hydrogen-bond donors (Lipinski definition) is 0. The zero-order valence-corrected chi connectivity index (χ0v) is 22.5. The predicted octanol–water partition coefficient (Wildman–Crippen LogP) is 9.54. The summed E-state index contributed by atoms with van der Waals surface area (Å²) in [6.45, 7) is 5.30. The molecule has 0 saturated heterocycles. The van der Waals surface area contributed by atoms with Crippen LogP contribution in [0.15, 0.2) is 133 Å². The first kappa shape index (κ1) is 25.9. The first-order valence-electron chi connectivity index (χ1n) is 13.4. The zero-order valence-electron chi connectivity index (χ0n) is 22.5. The van der Waals surface area contributed by atoms with Gasteiger partial charge in [-0.3, -0.25) is 0 Å². The van der Waals surface area contributed by atoms with E-state index in [-0.39, 0.29) is 0 Å². The van der Waals surface area contributed by atoms with Crippen molar-refractivity contribution in [2.45, 2.75) is 13.8 Å². The summed E-state index contributed by atoms with van der Waals surface area (Å²) in [6.07, 6.45) is 2.24. The molecule has 0 aliphatic carbocycles. The van der Waals surface area contributed by atoms with Crippen LogP contribution in [0.2, 0.25) is 0 Å². The van der Waals surface area contributed by atoms with E-state index < -0.39 is 0 Å². The third-order valence-electron chi connectivity index (χ3n) is 6.44. The largest absolute Gasteiger partial charge is 0.494 e. The molecule has 0 amide bonds. The number of para-hydroxylation sites is 2. The van der Waals surface area contributed by atoms with Crippen molar-refractivity contribution in [2.24, 2.45) is 0 Å². The molecule has 0 atom stereocenters. The Bertz CT molecular complexity index is 1380. The van der Waals surface area contributed by atoms with Gasteiger partial charge < -0.3 is 14.4 Å². The van der Waals surface area contributed by atoms with Crippen molar-refractivity contribution < 1.29 is 9.47 Å². The summed E-state index contributed by atoms with van der Waals surface area (Å²) in [6, 6.07) is 46.2. The topological polar surface area (TPSA) is 21.7 Å². The normalized spacial score (nSPS) is 10.5. The molecule has 0 bridgehead atoms. The Labute approximate surface area is 231 Å². The summed E-state index contributed by atoms with van der Waals surface area (Å²) in [7, 11) is 0. The summed E-state index contributed by atoms with van der Waals surface area (Å²) in [5.74, 6) is 1.75. The summed E-state index contributed by atoms with van der Waals surface area (Å²) in [5.41, 5.74) is 7.86. The van der Waals surface area contributed by atoms with Crippen molar-refractivity contribution in [3.05, 3.63) is 150 Å². The highest BCUT2D eigenvalue weighted by atomic mass is 16.5. The molecule has 5 aromatic carbocycles. The molecular weight excluding hydrogens is 478 g/mol. The van der Waals surface area contributed by atoms with Crippen LogP contribution in [0.4, 0.5) is 17.1 Å². The fraction of sp³-hybridized carbons (Fsp3) is 0.111. The van der Waals surface area contributed by atoms with Gasteiger partial charge in [0.1, 0.15) is 11.5 Å². The minimum absolute atomic E-state index is 0.649. The zero-order chi connectivity index (χ0) is 26.9. The maximum Gasteiger partial charge on any atom is 0.119 e. The van der Waals surface area contributed by atoms with Gasteiger partial charge in [-0.2, -0.15) is 0 Å². The Morgan fingerprint density at radius 2 is 0.923 bits per heavy atom. The smallest absolute Gasteiger partial charge is 0.119 e. The lowest BCUT2D eigenvalue weighted by Crippen LogP contribution is -2.09. The lowest BCUT2D eigenvalue weighted by molar-refractivity contribution is 0.340. The molecule has 0 aliphatic rings. The van der Waals surface area contributed by atoms with Crippen LogP contribution >= 0.6 is 0 Å². The molecule has 0 N–H and O–H groups in total. The molecule has 0 heterocycles. The molecular formula is C36H33NO2. The first-order chi connectivity index (χ1) is 19.2. The van der Waals surface area contributed by atoms with E-state index in [9.17, 15) is 0 Å². The second kappa shape index (κ2) is 12.7. The highest BCUT2D eigenvalue weighted by molar-refractivity contribution is 5.92. The van der Waals surface area contributed by atoms with Gasteiger partial charge in [-0.05, 0) is 103 Å². The van der Waals surface area contributed by atoms with Crippen molar-refractivity contribution in [3.63, 3.8) is 0 Å². The minimum atomic E-state index is 0.649. The molecule has 0 radical (unpaired) electrons. The Hall–Kier alpha value is -4.76. The fourth-order valence-corrected chi connectivity index (χ4v) is 4.62. The number of hydrogen-bond acceptors (Lipinski definition) is 3. The van der Waals surface area contributed by atoms with Gasteiger partial charge in [-0.15, -0.1) is 0 Å². The van der Waals surface area contributed by atoms with Crippen molar-refractivity contribution in [1.29, 1.82) is 0 Å². The van der Waals surface area contributed by atoms with Gasteiger partial charge >= 0.3 is 0 Å².